The largest absolute Gasteiger partial charge is 2.00 e. The Morgan fingerprint density at radius 1 is 0.295 bits per heavy atom. The Kier molecular flexibility index (Phi) is 41.0. The summed E-state index contributed by atoms with van der Waals surface area (Å²) in [6.07, 6.45) is 51.4. The molecule has 0 aliphatic rings. The number of hydrogen-bond donors (Lipinski definition) is 0. The van der Waals surface area contributed by atoms with Gasteiger partial charge in [0.05, 0.1) is 9.79 Å². The molecule has 6 nitrogen and oxygen atoms in total. The second-order valence-corrected chi connectivity index (χ2v) is 20.5. The zero-order chi connectivity index (χ0) is 43.8. The molecule has 0 saturated carbocycles. The Morgan fingerprint density at radius 2 is 0.459 bits per heavy atom. The monoisotopic (exact) mass is 899 g/mol. The van der Waals surface area contributed by atoms with Crippen LogP contribution < -0.4 is 0 Å². The summed E-state index contributed by atoms with van der Waals surface area (Å²) in [4.78, 5) is -0.270. The molecule has 0 unspecified atom stereocenters. The number of benzene rings is 2. The van der Waals surface area contributed by atoms with E-state index in [2.05, 4.69) is 13.8 Å². The quantitative estimate of drug-likeness (QED) is 0.0374. The van der Waals surface area contributed by atoms with Crippen LogP contribution in [0.1, 0.15) is 256 Å². The molecule has 0 fully saturated rings. The third kappa shape index (κ3) is 38.1. The molecular formula is C52H90MgO6S2. The maximum absolute atomic E-state index is 10.9. The first-order valence-corrected chi connectivity index (χ1v) is 28.0. The van der Waals surface area contributed by atoms with Gasteiger partial charge in [0.2, 0.25) is 0 Å². The van der Waals surface area contributed by atoms with Crippen LogP contribution in [0.5, 0.6) is 0 Å². The maximum Gasteiger partial charge on any atom is 2.00 e. The molecule has 0 aliphatic carbocycles. The summed E-state index contributed by atoms with van der Waals surface area (Å²) in [5, 5.41) is 0. The van der Waals surface area contributed by atoms with Crippen molar-refractivity contribution < 1.29 is 25.9 Å². The minimum Gasteiger partial charge on any atom is -0.744 e. The van der Waals surface area contributed by atoms with Crippen LogP contribution in [0.4, 0.5) is 0 Å². The number of aryl methyl sites for hydroxylation is 2. The summed E-state index contributed by atoms with van der Waals surface area (Å²) >= 11 is 0. The van der Waals surface area contributed by atoms with Gasteiger partial charge in [0.25, 0.3) is 0 Å². The van der Waals surface area contributed by atoms with Gasteiger partial charge in [-0.2, -0.15) is 0 Å². The van der Waals surface area contributed by atoms with Crippen molar-refractivity contribution in [2.24, 2.45) is 0 Å². The average Bonchev–Trinajstić information content (AvgIpc) is 3.22. The first-order valence-electron chi connectivity index (χ1n) is 25.2. The zero-order valence-electron chi connectivity index (χ0n) is 39.5. The van der Waals surface area contributed by atoms with Gasteiger partial charge in [0, 0.05) is 0 Å². The van der Waals surface area contributed by atoms with Crippen molar-refractivity contribution in [1.82, 2.24) is 0 Å². The summed E-state index contributed by atoms with van der Waals surface area (Å²) < 4.78 is 65.5. The molecule has 348 valence electrons. The van der Waals surface area contributed by atoms with Gasteiger partial charge in [-0.25, -0.2) is 16.8 Å². The number of hydrogen-bond acceptors (Lipinski definition) is 6. The molecule has 0 N–H and O–H groups in total. The second kappa shape index (κ2) is 41.7. The summed E-state index contributed by atoms with van der Waals surface area (Å²) in [5.74, 6) is 0. The fourth-order valence-electron chi connectivity index (χ4n) is 8.11. The summed E-state index contributed by atoms with van der Waals surface area (Å²) in [6, 6.07) is 12.7. The SMILES string of the molecule is CCCCCCCCCCCCCCCCCCCCc1ccc(S(=O)(=O)[O-])cc1.CCCCCCCCCCCCCCCCCCCCc1ccc(S(=O)(=O)[O-])cc1.[Mg+2]. The molecule has 2 rings (SSSR count). The molecule has 61 heavy (non-hydrogen) atoms. The Morgan fingerprint density at radius 3 is 0.623 bits per heavy atom. The molecule has 0 heterocycles. The van der Waals surface area contributed by atoms with E-state index in [4.69, 9.17) is 0 Å². The molecule has 0 radical (unpaired) electrons. The Labute approximate surface area is 394 Å². The van der Waals surface area contributed by atoms with Crippen molar-refractivity contribution >= 4 is 43.3 Å². The Hall–Kier alpha value is -0.974. The summed E-state index contributed by atoms with van der Waals surface area (Å²) in [6.45, 7) is 4.56. The Bertz CT molecular complexity index is 1330. The molecule has 0 atom stereocenters. The normalized spacial score (nSPS) is 11.6. The number of rotatable bonds is 40. The van der Waals surface area contributed by atoms with E-state index in [0.29, 0.717) is 0 Å². The molecule has 0 amide bonds. The van der Waals surface area contributed by atoms with Crippen LogP contribution in [0.3, 0.4) is 0 Å². The van der Waals surface area contributed by atoms with Gasteiger partial charge in [-0.15, -0.1) is 0 Å². The van der Waals surface area contributed by atoms with Gasteiger partial charge >= 0.3 is 23.1 Å². The van der Waals surface area contributed by atoms with Crippen molar-refractivity contribution in [3.8, 4) is 0 Å². The van der Waals surface area contributed by atoms with Crippen molar-refractivity contribution in [3.63, 3.8) is 0 Å². The first kappa shape index (κ1) is 60.0. The van der Waals surface area contributed by atoms with Gasteiger partial charge in [-0.3, -0.25) is 0 Å². The third-order valence-electron chi connectivity index (χ3n) is 12.1. The van der Waals surface area contributed by atoms with Crippen molar-refractivity contribution in [3.05, 3.63) is 59.7 Å². The van der Waals surface area contributed by atoms with Crippen molar-refractivity contribution in [1.29, 1.82) is 0 Å². The first-order chi connectivity index (χ1) is 29.1. The molecule has 0 saturated heterocycles. The van der Waals surface area contributed by atoms with E-state index in [1.54, 1.807) is 24.3 Å². The van der Waals surface area contributed by atoms with Crippen LogP contribution in [0, 0.1) is 0 Å². The van der Waals surface area contributed by atoms with Crippen LogP contribution >= 0.6 is 0 Å². The predicted octanol–water partition coefficient (Wildman–Crippen LogP) is 16.0. The fraction of sp³-hybridized carbons (Fsp3) is 0.769. The van der Waals surface area contributed by atoms with Crippen LogP contribution in [-0.2, 0) is 33.1 Å². The zero-order valence-corrected chi connectivity index (χ0v) is 42.5. The van der Waals surface area contributed by atoms with E-state index < -0.39 is 20.2 Å². The Balaban J connectivity index is 0.00000116. The van der Waals surface area contributed by atoms with Crippen LogP contribution in [0.2, 0.25) is 0 Å². The predicted molar refractivity (Wildman–Crippen MR) is 260 cm³/mol. The van der Waals surface area contributed by atoms with Gasteiger partial charge in [-0.1, -0.05) is 256 Å². The van der Waals surface area contributed by atoms with E-state index in [1.807, 2.05) is 0 Å². The van der Waals surface area contributed by atoms with Crippen LogP contribution in [0.15, 0.2) is 58.3 Å². The fourth-order valence-corrected chi connectivity index (χ4v) is 9.05. The van der Waals surface area contributed by atoms with E-state index in [-0.39, 0.29) is 32.8 Å². The maximum atomic E-state index is 10.9. The molecule has 0 spiro atoms. The smallest absolute Gasteiger partial charge is 0.744 e. The van der Waals surface area contributed by atoms with Gasteiger partial charge < -0.3 is 9.11 Å². The second-order valence-electron chi connectivity index (χ2n) is 17.7. The molecule has 0 aliphatic heterocycles. The van der Waals surface area contributed by atoms with Gasteiger partial charge in [0.15, 0.2) is 0 Å². The minimum absolute atomic E-state index is 0. The van der Waals surface area contributed by atoms with E-state index >= 15 is 0 Å². The number of unbranched alkanes of at least 4 members (excludes halogenated alkanes) is 34. The minimum atomic E-state index is -4.32. The summed E-state index contributed by atoms with van der Waals surface area (Å²) in [5.41, 5.74) is 2.22. The standard InChI is InChI=1S/2C26H46O3S.Mg/c2*1-2-3-4-5-6-7-8-9-10-11-12-13-14-15-16-17-18-19-20-25-21-23-26(24-22-25)30(27,28)29;/h2*21-24H,2-20H2,1H3,(H,27,28,29);/q;;+2/p-2. The van der Waals surface area contributed by atoms with Gasteiger partial charge in [0.1, 0.15) is 20.2 Å². The molecule has 2 aromatic carbocycles. The topological polar surface area (TPSA) is 114 Å². The molecule has 0 bridgehead atoms. The van der Waals surface area contributed by atoms with E-state index in [1.165, 1.54) is 243 Å². The molecule has 9 heteroatoms. The van der Waals surface area contributed by atoms with Crippen molar-refractivity contribution in [2.75, 3.05) is 0 Å². The molecular weight excluding hydrogens is 809 g/mol. The third-order valence-corrected chi connectivity index (χ3v) is 13.8. The summed E-state index contributed by atoms with van der Waals surface area (Å²) in [7, 11) is -8.65. The van der Waals surface area contributed by atoms with E-state index in [0.717, 1.165) is 36.8 Å². The molecule has 2 aromatic rings. The average molecular weight is 900 g/mol. The van der Waals surface area contributed by atoms with Crippen molar-refractivity contribution in [2.45, 2.75) is 268 Å². The van der Waals surface area contributed by atoms with E-state index in [9.17, 15) is 25.9 Å². The van der Waals surface area contributed by atoms with Gasteiger partial charge in [-0.05, 0) is 61.1 Å². The van der Waals surface area contributed by atoms with Crippen LogP contribution in [0.25, 0.3) is 0 Å². The molecule has 0 aromatic heterocycles. The van der Waals surface area contributed by atoms with Crippen LogP contribution in [-0.4, -0.2) is 49.0 Å².